The van der Waals surface area contributed by atoms with E-state index in [0.717, 1.165) is 12.1 Å². The summed E-state index contributed by atoms with van der Waals surface area (Å²) in [5.41, 5.74) is 12.5. The number of morpholine rings is 1. The number of halogens is 3. The van der Waals surface area contributed by atoms with Crippen LogP contribution in [0.25, 0.3) is 11.1 Å². The molecule has 1 aromatic heterocycles. The van der Waals surface area contributed by atoms with Gasteiger partial charge in [0.25, 0.3) is 5.91 Å². The van der Waals surface area contributed by atoms with Gasteiger partial charge in [0.1, 0.15) is 23.5 Å². The Hall–Kier alpha value is -3.76. The number of primary amides is 2. The third-order valence-corrected chi connectivity index (χ3v) is 5.95. The lowest BCUT2D eigenvalue weighted by Crippen LogP contribution is -2.54. The lowest BCUT2D eigenvalue weighted by molar-refractivity contribution is -0.131. The van der Waals surface area contributed by atoms with Crippen LogP contribution in [0, 0.1) is 17.5 Å². The number of carbonyl (C=O) groups excluding carboxylic acids is 2. The maximum Gasteiger partial charge on any atom is 0.251 e. The van der Waals surface area contributed by atoms with Gasteiger partial charge >= 0.3 is 0 Å². The van der Waals surface area contributed by atoms with Gasteiger partial charge in [0.2, 0.25) is 5.91 Å². The van der Waals surface area contributed by atoms with Gasteiger partial charge in [-0.3, -0.25) is 19.5 Å². The minimum absolute atomic E-state index is 0.0495. The summed E-state index contributed by atoms with van der Waals surface area (Å²) in [6.07, 6.45) is 1.63. The molecule has 2 aromatic carbocycles. The third kappa shape index (κ3) is 5.33. The van der Waals surface area contributed by atoms with Crippen LogP contribution in [0.2, 0.25) is 0 Å². The first kappa shape index (κ1) is 24.4. The van der Waals surface area contributed by atoms with Crippen LogP contribution in [0.5, 0.6) is 0 Å². The number of carbonyl (C=O) groups is 2. The summed E-state index contributed by atoms with van der Waals surface area (Å²) in [5, 5.41) is 0. The molecule has 1 saturated heterocycles. The van der Waals surface area contributed by atoms with Crippen LogP contribution < -0.4 is 11.5 Å². The van der Waals surface area contributed by atoms with Gasteiger partial charge in [0.05, 0.1) is 30.5 Å². The van der Waals surface area contributed by atoms with Gasteiger partial charge in [0, 0.05) is 24.4 Å². The number of amides is 2. The van der Waals surface area contributed by atoms with Crippen molar-refractivity contribution in [2.45, 2.75) is 18.5 Å². The second kappa shape index (κ2) is 10.2. The molecule has 2 heterocycles. The molecule has 0 aliphatic carbocycles. The Labute approximate surface area is 199 Å². The van der Waals surface area contributed by atoms with E-state index in [-0.39, 0.29) is 18.6 Å². The molecule has 1 aliphatic rings. The molecule has 4 rings (SSSR count). The first-order chi connectivity index (χ1) is 16.7. The molecule has 0 saturated carbocycles. The minimum Gasteiger partial charge on any atom is -0.378 e. The molecule has 1 aliphatic heterocycles. The van der Waals surface area contributed by atoms with Crippen molar-refractivity contribution in [3.63, 3.8) is 0 Å². The highest BCUT2D eigenvalue weighted by Crippen LogP contribution is 2.35. The van der Waals surface area contributed by atoms with Crippen molar-refractivity contribution >= 4 is 11.8 Å². The average Bonchev–Trinajstić information content (AvgIpc) is 2.82. The SMILES string of the molecule is NC(=O)c1cc(-c2cccnc2[C@H](Cc2cc(F)cc(F)c2)N2CCOCC2C(N)=O)ccc1F. The number of hydrogen-bond acceptors (Lipinski definition) is 5. The number of rotatable bonds is 7. The largest absolute Gasteiger partial charge is 0.378 e. The number of ether oxygens (including phenoxy) is 1. The molecule has 4 N–H and O–H groups in total. The molecule has 0 spiro atoms. The van der Waals surface area contributed by atoms with Crippen molar-refractivity contribution in [3.8, 4) is 11.1 Å². The summed E-state index contributed by atoms with van der Waals surface area (Å²) in [6, 6.07) is 9.04. The summed E-state index contributed by atoms with van der Waals surface area (Å²) in [7, 11) is 0. The maximum absolute atomic E-state index is 14.1. The molecule has 182 valence electrons. The van der Waals surface area contributed by atoms with Crippen molar-refractivity contribution in [2.24, 2.45) is 11.5 Å². The fraction of sp³-hybridized carbons (Fsp3) is 0.240. The Balaban J connectivity index is 1.86. The molecule has 2 atom stereocenters. The molecule has 1 unspecified atom stereocenters. The molecule has 35 heavy (non-hydrogen) atoms. The first-order valence-electron chi connectivity index (χ1n) is 10.9. The second-order valence-electron chi connectivity index (χ2n) is 8.22. The number of hydrogen-bond donors (Lipinski definition) is 2. The van der Waals surface area contributed by atoms with Crippen LogP contribution in [0.15, 0.2) is 54.7 Å². The molecule has 0 radical (unpaired) electrons. The number of aromatic nitrogens is 1. The topological polar surface area (TPSA) is 112 Å². The van der Waals surface area contributed by atoms with E-state index in [2.05, 4.69) is 4.98 Å². The average molecular weight is 484 g/mol. The smallest absolute Gasteiger partial charge is 0.251 e. The van der Waals surface area contributed by atoms with Gasteiger partial charge in [-0.05, 0) is 47.9 Å². The Morgan fingerprint density at radius 1 is 1.09 bits per heavy atom. The standard InChI is InChI=1S/C25H23F3N4O3/c26-16-8-14(9-17(27)12-16)10-21(32-6-7-35-13-22(32)25(30)34)23-18(2-1-5-31-23)15-3-4-20(28)19(11-15)24(29)33/h1-5,8-9,11-12,21-22H,6-7,10,13H2,(H2,29,33)(H2,30,34)/t21-,22?/m0/s1. The van der Waals surface area contributed by atoms with E-state index in [1.807, 2.05) is 0 Å². The van der Waals surface area contributed by atoms with Gasteiger partial charge < -0.3 is 16.2 Å². The molecule has 1 fully saturated rings. The number of nitrogens with two attached hydrogens (primary N) is 2. The van der Waals surface area contributed by atoms with Crippen LogP contribution >= 0.6 is 0 Å². The van der Waals surface area contributed by atoms with Gasteiger partial charge in [-0.15, -0.1) is 0 Å². The van der Waals surface area contributed by atoms with E-state index in [1.54, 1.807) is 17.0 Å². The summed E-state index contributed by atoms with van der Waals surface area (Å²) in [5.74, 6) is -3.78. The van der Waals surface area contributed by atoms with Gasteiger partial charge in [-0.2, -0.15) is 0 Å². The van der Waals surface area contributed by atoms with E-state index in [9.17, 15) is 22.8 Å². The zero-order chi connectivity index (χ0) is 25.1. The predicted molar refractivity (Wildman–Crippen MR) is 121 cm³/mol. The predicted octanol–water partition coefficient (Wildman–Crippen LogP) is 2.73. The summed E-state index contributed by atoms with van der Waals surface area (Å²) < 4.78 is 47.5. The van der Waals surface area contributed by atoms with E-state index >= 15 is 0 Å². The molecule has 3 aromatic rings. The first-order valence-corrected chi connectivity index (χ1v) is 10.9. The Kier molecular flexibility index (Phi) is 7.13. The minimum atomic E-state index is -0.927. The highest BCUT2D eigenvalue weighted by Gasteiger charge is 2.36. The zero-order valence-electron chi connectivity index (χ0n) is 18.6. The fourth-order valence-corrected chi connectivity index (χ4v) is 4.37. The lowest BCUT2D eigenvalue weighted by atomic mass is 9.92. The highest BCUT2D eigenvalue weighted by molar-refractivity contribution is 5.94. The van der Waals surface area contributed by atoms with E-state index in [1.165, 1.54) is 30.5 Å². The van der Waals surface area contributed by atoms with Crippen molar-refractivity contribution in [3.05, 3.63) is 89.0 Å². The Morgan fingerprint density at radius 2 is 1.83 bits per heavy atom. The summed E-state index contributed by atoms with van der Waals surface area (Å²) >= 11 is 0. The van der Waals surface area contributed by atoms with Crippen LogP contribution in [0.4, 0.5) is 13.2 Å². The van der Waals surface area contributed by atoms with E-state index in [0.29, 0.717) is 35.5 Å². The van der Waals surface area contributed by atoms with Crippen LogP contribution in [-0.4, -0.2) is 47.5 Å². The molecule has 0 bridgehead atoms. The highest BCUT2D eigenvalue weighted by atomic mass is 19.1. The Morgan fingerprint density at radius 3 is 2.51 bits per heavy atom. The van der Waals surface area contributed by atoms with Gasteiger partial charge in [0.15, 0.2) is 0 Å². The van der Waals surface area contributed by atoms with Crippen LogP contribution in [-0.2, 0) is 16.0 Å². The Bertz CT molecular complexity index is 1250. The fourth-order valence-electron chi connectivity index (χ4n) is 4.37. The van der Waals surface area contributed by atoms with Crippen molar-refractivity contribution in [2.75, 3.05) is 19.8 Å². The van der Waals surface area contributed by atoms with Crippen LogP contribution in [0.1, 0.15) is 27.7 Å². The maximum atomic E-state index is 14.1. The summed E-state index contributed by atoms with van der Waals surface area (Å²) in [6.45, 7) is 0.665. The number of pyridine rings is 1. The quantitative estimate of drug-likeness (QED) is 0.536. The van der Waals surface area contributed by atoms with Gasteiger partial charge in [-0.25, -0.2) is 13.2 Å². The second-order valence-corrected chi connectivity index (χ2v) is 8.22. The summed E-state index contributed by atoms with van der Waals surface area (Å²) in [4.78, 5) is 30.3. The van der Waals surface area contributed by atoms with Crippen LogP contribution in [0.3, 0.4) is 0 Å². The van der Waals surface area contributed by atoms with Gasteiger partial charge in [-0.1, -0.05) is 12.1 Å². The molecular weight excluding hydrogens is 461 g/mol. The zero-order valence-corrected chi connectivity index (χ0v) is 18.6. The third-order valence-electron chi connectivity index (χ3n) is 5.95. The van der Waals surface area contributed by atoms with E-state index in [4.69, 9.17) is 16.2 Å². The van der Waals surface area contributed by atoms with Crippen molar-refractivity contribution in [1.29, 1.82) is 0 Å². The van der Waals surface area contributed by atoms with E-state index < -0.39 is 41.3 Å². The molecule has 2 amide bonds. The van der Waals surface area contributed by atoms with Crippen molar-refractivity contribution < 1.29 is 27.5 Å². The molecular formula is C25H23F3N4O3. The lowest BCUT2D eigenvalue weighted by Gasteiger charge is -2.40. The molecule has 10 heteroatoms. The van der Waals surface area contributed by atoms with Crippen molar-refractivity contribution in [1.82, 2.24) is 9.88 Å². The number of nitrogens with zero attached hydrogens (tertiary/aromatic N) is 2. The number of benzene rings is 2. The monoisotopic (exact) mass is 484 g/mol. The molecule has 7 nitrogen and oxygen atoms in total. The normalized spacial score (nSPS) is 17.2.